The number of amides is 2. The summed E-state index contributed by atoms with van der Waals surface area (Å²) in [6.07, 6.45) is 69.2. The summed E-state index contributed by atoms with van der Waals surface area (Å²) >= 11 is 0. The summed E-state index contributed by atoms with van der Waals surface area (Å²) in [6.45, 7) is 45.0. The molecular weight excluding hydrogens is 1700 g/mol. The van der Waals surface area contributed by atoms with Gasteiger partial charge in [0.05, 0.1) is 19.8 Å². The van der Waals surface area contributed by atoms with Crippen molar-refractivity contribution in [1.82, 2.24) is 10.6 Å². The highest BCUT2D eigenvalue weighted by molar-refractivity contribution is 7.61. The van der Waals surface area contributed by atoms with Crippen molar-refractivity contribution < 1.29 is 81.6 Å². The lowest BCUT2D eigenvalue weighted by molar-refractivity contribution is -0.325. The zero-order chi connectivity index (χ0) is 98.6. The third-order valence-electron chi connectivity index (χ3n) is 24.8. The Labute approximate surface area is 801 Å². The number of aliphatic hydroxyl groups excluding tert-OH is 5. The molecule has 132 heavy (non-hydrogen) atoms. The fourth-order valence-corrected chi connectivity index (χ4v) is 18.1. The molecule has 2 saturated heterocycles. The minimum absolute atomic E-state index is 0.0312. The van der Waals surface area contributed by atoms with E-state index in [4.69, 9.17) is 23.3 Å². The van der Waals surface area contributed by atoms with Gasteiger partial charge in [0.15, 0.2) is 12.6 Å². The van der Waals surface area contributed by atoms with Crippen molar-refractivity contribution in [2.24, 2.45) is 5.92 Å². The number of allylic oxidation sites excluding steroid dienone is 36. The number of aliphatic hydroxyl groups is 5. The van der Waals surface area contributed by atoms with E-state index in [2.05, 4.69) is 256 Å². The highest BCUT2D eigenvalue weighted by Crippen LogP contribution is 2.61. The predicted molar refractivity (Wildman–Crippen MR) is 551 cm³/mol. The first-order valence-corrected chi connectivity index (χ1v) is 52.7. The van der Waals surface area contributed by atoms with E-state index in [1.807, 2.05) is 6.92 Å². The van der Waals surface area contributed by atoms with Crippen LogP contribution in [0.3, 0.4) is 0 Å². The maximum Gasteiger partial charge on any atom is 0.483 e. The second-order valence-electron chi connectivity index (χ2n) is 38.7. The van der Waals surface area contributed by atoms with Gasteiger partial charge in [0.2, 0.25) is 11.8 Å². The molecule has 0 aliphatic carbocycles. The molecule has 21 heteroatoms. The third-order valence-corrected chi connectivity index (χ3v) is 27.5. The number of ether oxygens (including phenoxy) is 3. The number of rotatable bonds is 68. The third kappa shape index (κ3) is 60.7. The van der Waals surface area contributed by atoms with Crippen LogP contribution in [0.15, 0.2) is 210 Å². The lowest BCUT2D eigenvalue weighted by Crippen LogP contribution is -2.69. The maximum absolute atomic E-state index is 13.2. The van der Waals surface area contributed by atoms with E-state index in [-0.39, 0.29) is 12.5 Å². The summed E-state index contributed by atoms with van der Waals surface area (Å²) in [4.78, 5) is 45.4. The van der Waals surface area contributed by atoms with Gasteiger partial charge in [-0.25, -0.2) is 9.13 Å². The Balaban J connectivity index is 1.59. The number of carbonyl (C=O) groups is 2. The van der Waals surface area contributed by atoms with Gasteiger partial charge in [-0.3, -0.25) is 18.6 Å². The largest absolute Gasteiger partial charge is 0.483 e. The summed E-state index contributed by atoms with van der Waals surface area (Å²) in [5.41, 5.74) is 26.5. The molecule has 0 aromatic heterocycles. The van der Waals surface area contributed by atoms with Crippen molar-refractivity contribution in [3.8, 4) is 0 Å². The quantitative estimate of drug-likeness (QED) is 0.0202. The zero-order valence-electron chi connectivity index (χ0n) is 86.1. The summed E-state index contributed by atoms with van der Waals surface area (Å²) in [6, 6.07) is -3.26. The van der Waals surface area contributed by atoms with Gasteiger partial charge in [0, 0.05) is 13.8 Å². The van der Waals surface area contributed by atoms with Crippen LogP contribution in [0.25, 0.3) is 0 Å². The van der Waals surface area contributed by atoms with E-state index in [9.17, 15) is 54.0 Å². The Morgan fingerprint density at radius 1 is 0.311 bits per heavy atom. The molecule has 750 valence electrons. The highest BCUT2D eigenvalue weighted by Gasteiger charge is 2.54. The molecule has 3 unspecified atom stereocenters. The van der Waals surface area contributed by atoms with Crippen LogP contribution in [0.2, 0.25) is 0 Å². The Kier molecular flexibility index (Phi) is 65.5. The van der Waals surface area contributed by atoms with Gasteiger partial charge < -0.3 is 60.2 Å². The van der Waals surface area contributed by atoms with Crippen LogP contribution >= 0.6 is 15.6 Å². The van der Waals surface area contributed by atoms with Crippen LogP contribution in [0.5, 0.6) is 0 Å². The average molecular weight is 1880 g/mol. The minimum atomic E-state index is -5.62. The number of carbonyl (C=O) groups excluding carboxylic acids is 2. The van der Waals surface area contributed by atoms with Crippen molar-refractivity contribution >= 4 is 27.5 Å². The van der Waals surface area contributed by atoms with Crippen LogP contribution in [0, 0.1) is 5.92 Å². The Bertz CT molecular complexity index is 4090. The molecular formula is C111H184N2O17P2. The summed E-state index contributed by atoms with van der Waals surface area (Å²) in [5.74, 6) is -1.46. The van der Waals surface area contributed by atoms with E-state index in [1.54, 1.807) is 0 Å². The SMILES string of the molecule is CC(=O)N[C@H]1[C@@H](OP(=O)(O)OP(=O)(O)OCCC(C)CC/C=C(\C)CC/C=C(\C)CC/C=C(\C)CC/C=C(\C)CC/C=C(\C)CC/C=C(\C)CC/C=C(\C)CC/C=C(\C)CC/C=C(\C)CC/C=C(\C)CC/C=C(\C)CC/C=C(\C)CC/C=C(\C)CC/C=C(\C)CC/C=C(\C)CC/C=C(\C)CC/C=C(\C)CCC=C(C)C)O[C@H](CO)[C@@H](O[C@@H]2O[C@H](CO)[C@@H](O)[C@H](O)[C@H]2NC(C)=O)[C@@H]1O. The van der Waals surface area contributed by atoms with Crippen LogP contribution in [-0.2, 0) is 46.3 Å². The molecule has 19 nitrogen and oxygen atoms in total. The van der Waals surface area contributed by atoms with E-state index in [0.717, 1.165) is 226 Å². The number of phosphoric acid groups is 2. The van der Waals surface area contributed by atoms with Gasteiger partial charge >= 0.3 is 15.6 Å². The summed E-state index contributed by atoms with van der Waals surface area (Å²) in [5, 5.41) is 57.3. The average Bonchev–Trinajstić information content (AvgIpc) is 0.772. The van der Waals surface area contributed by atoms with Crippen LogP contribution in [0.1, 0.15) is 390 Å². The van der Waals surface area contributed by atoms with Gasteiger partial charge in [-0.1, -0.05) is 217 Å². The summed E-state index contributed by atoms with van der Waals surface area (Å²) in [7, 11) is -10.9. The molecule has 2 rings (SSSR count). The monoisotopic (exact) mass is 1880 g/mol. The first-order chi connectivity index (χ1) is 62.5. The Morgan fingerprint density at radius 3 is 0.773 bits per heavy atom. The number of hydrogen-bond acceptors (Lipinski definition) is 15. The molecule has 2 heterocycles. The van der Waals surface area contributed by atoms with Crippen LogP contribution in [-0.4, -0.2) is 128 Å². The lowest BCUT2D eigenvalue weighted by Gasteiger charge is -2.48. The van der Waals surface area contributed by atoms with Crippen molar-refractivity contribution in [3.63, 3.8) is 0 Å². The molecule has 0 saturated carbocycles. The van der Waals surface area contributed by atoms with Gasteiger partial charge in [-0.2, -0.15) is 4.31 Å². The van der Waals surface area contributed by atoms with Crippen molar-refractivity contribution in [2.75, 3.05) is 19.8 Å². The molecule has 2 amide bonds. The van der Waals surface area contributed by atoms with E-state index in [0.29, 0.717) is 6.42 Å². The van der Waals surface area contributed by atoms with Gasteiger partial charge in [0.1, 0.15) is 48.7 Å². The fourth-order valence-electron chi connectivity index (χ4n) is 16.0. The fraction of sp³-hybridized carbons (Fsp3) is 0.658. The molecule has 13 atom stereocenters. The first kappa shape index (κ1) is 122. The molecule has 9 N–H and O–H groups in total. The Morgan fingerprint density at radius 2 is 0.538 bits per heavy atom. The first-order valence-electron chi connectivity index (χ1n) is 49.8. The predicted octanol–water partition coefficient (Wildman–Crippen LogP) is 28.3. The van der Waals surface area contributed by atoms with Crippen LogP contribution in [0.4, 0.5) is 0 Å². The van der Waals surface area contributed by atoms with Crippen LogP contribution < -0.4 is 10.6 Å². The second-order valence-corrected chi connectivity index (χ2v) is 41.7. The molecule has 2 fully saturated rings. The number of phosphoric ester groups is 2. The van der Waals surface area contributed by atoms with Crippen molar-refractivity contribution in [1.29, 1.82) is 0 Å². The zero-order valence-corrected chi connectivity index (χ0v) is 87.9. The van der Waals surface area contributed by atoms with Crippen molar-refractivity contribution in [3.05, 3.63) is 210 Å². The highest BCUT2D eigenvalue weighted by atomic mass is 31.3. The minimum Gasteiger partial charge on any atom is -0.394 e. The van der Waals surface area contributed by atoms with E-state index >= 15 is 0 Å². The van der Waals surface area contributed by atoms with Crippen molar-refractivity contribution in [2.45, 2.75) is 451 Å². The normalized spacial score (nSPS) is 22.4. The molecule has 0 bridgehead atoms. The molecule has 2 aliphatic heterocycles. The topological polar surface area (TPSA) is 289 Å². The number of hydrogen-bond donors (Lipinski definition) is 9. The van der Waals surface area contributed by atoms with Gasteiger partial charge in [0.25, 0.3) is 0 Å². The Hall–Kier alpha value is -5.80. The lowest BCUT2D eigenvalue weighted by atomic mass is 9.94. The van der Waals surface area contributed by atoms with Gasteiger partial charge in [-0.15, -0.1) is 0 Å². The summed E-state index contributed by atoms with van der Waals surface area (Å²) < 4.78 is 57.8. The second kappa shape index (κ2) is 70.8. The smallest absolute Gasteiger partial charge is 0.394 e. The number of nitrogens with one attached hydrogen (secondary N) is 2. The maximum atomic E-state index is 13.2. The molecule has 0 aromatic rings. The molecule has 0 aromatic carbocycles. The van der Waals surface area contributed by atoms with Gasteiger partial charge in [-0.05, 0) is 375 Å². The van der Waals surface area contributed by atoms with E-state index in [1.165, 1.54) is 120 Å². The standard InChI is InChI=1S/C111H184N2O17P2/c1-81(2)41-23-42-82(3)43-24-44-83(4)45-25-46-84(5)47-26-48-85(6)49-27-50-86(7)51-28-52-87(8)53-29-54-88(9)55-30-56-89(10)57-31-58-90(11)59-32-60-91(12)61-33-62-92(13)63-34-64-93(14)65-35-66-94(15)67-36-68-95(16)69-37-70-96(17)71-38-72-97(18)73-39-74-98(19)75-40-76-99(20)77-78-125-131(121,122)130-132(123,124)129-111-105(113-101(22)117)108(120)109(103(80-115)127-111)128-110-104(112-100(21)116)107(119)106(118)102(79-114)126-110/h41,43,45,47,49,51,53,55,57,59,61,63,65,67,69,71,73,75,99,102-111,114-115,118-120H,23-40,42,44,46,48,50,52,54,56,58,60,62,64,66,68,70,72,74,76-80H2,1-22H3,(H,112,116)(H,113,117)(H,121,122)(H,123,124)/b82-43+,83-45+,84-47+,85-49+,86-51+,87-53+,88-55+,89-57+,90-59+,91-61+,92-63+,93-65+,94-67+,95-69+,96-71+,97-73+,98-75+/t99?,102-,103-,104-,105-,106-,107-,108-,109-,110+,111-/m1/s1. The van der Waals surface area contributed by atoms with E-state index < -0.39 is 102 Å². The molecule has 2 aliphatic rings. The molecule has 0 spiro atoms. The molecule has 0 radical (unpaired) electrons.